The molecule has 0 radical (unpaired) electrons. The molecule has 4 heteroatoms. The van der Waals surface area contributed by atoms with Crippen molar-refractivity contribution in [2.45, 2.75) is 194 Å². The molecule has 0 heterocycles. The Hall–Kier alpha value is -2.36. The lowest BCUT2D eigenvalue weighted by molar-refractivity contribution is 0.0483. The Balaban J connectivity index is 1.95. The van der Waals surface area contributed by atoms with Gasteiger partial charge < -0.3 is 9.47 Å². The Morgan fingerprint density at radius 2 is 0.646 bits per heavy atom. The highest BCUT2D eigenvalue weighted by molar-refractivity contribution is 5.93. The summed E-state index contributed by atoms with van der Waals surface area (Å²) in [6, 6.07) is 6.63. The van der Waals surface area contributed by atoms with E-state index in [1.165, 1.54) is 154 Å². The van der Waals surface area contributed by atoms with Crippen LogP contribution in [0.25, 0.3) is 0 Å². The van der Waals surface area contributed by atoms with E-state index < -0.39 is 0 Å². The van der Waals surface area contributed by atoms with Crippen LogP contribution >= 0.6 is 0 Å². The Morgan fingerprint density at radius 1 is 0.396 bits per heavy atom. The van der Waals surface area contributed by atoms with Crippen LogP contribution in [-0.2, 0) is 9.47 Å². The van der Waals surface area contributed by atoms with Gasteiger partial charge in [0.2, 0.25) is 0 Å². The van der Waals surface area contributed by atoms with Gasteiger partial charge in [0.15, 0.2) is 0 Å². The zero-order valence-corrected chi connectivity index (χ0v) is 31.5. The molecule has 0 saturated carbocycles. The molecule has 0 atom stereocenters. The summed E-state index contributed by atoms with van der Waals surface area (Å²) < 4.78 is 10.9. The maximum atomic E-state index is 12.4. The van der Waals surface area contributed by atoms with Crippen molar-refractivity contribution in [3.8, 4) is 0 Å². The number of esters is 2. The largest absolute Gasteiger partial charge is 0.462 e. The van der Waals surface area contributed by atoms with Gasteiger partial charge in [-0.3, -0.25) is 0 Å². The number of rotatable bonds is 34. The number of hydrogen-bond acceptors (Lipinski definition) is 4. The minimum atomic E-state index is -0.327. The number of benzene rings is 1. The molecule has 0 aliphatic carbocycles. The molecule has 0 N–H and O–H groups in total. The number of ether oxygens (including phenoxy) is 2. The lowest BCUT2D eigenvalue weighted by Crippen LogP contribution is -2.09. The Bertz CT molecular complexity index is 841. The average molecular weight is 667 g/mol. The lowest BCUT2D eigenvalue weighted by Gasteiger charge is -2.07. The maximum absolute atomic E-state index is 12.4. The highest BCUT2D eigenvalue weighted by Gasteiger charge is 2.11. The van der Waals surface area contributed by atoms with Crippen molar-refractivity contribution in [1.82, 2.24) is 0 Å². The summed E-state index contributed by atoms with van der Waals surface area (Å²) in [6.45, 7) is 5.43. The first-order valence-corrected chi connectivity index (χ1v) is 20.4. The molecule has 0 fully saturated rings. The Morgan fingerprint density at radius 3 is 0.938 bits per heavy atom. The summed E-state index contributed by atoms with van der Waals surface area (Å²) in [5.41, 5.74) is 0.953. The molecule has 0 bridgehead atoms. The standard InChI is InChI=1S/C44H74O4/c1-3-5-7-9-11-13-15-17-19-21-23-25-27-29-31-33-39-47-43(45)41-35-37-42(38-36-41)44(46)48-40-34-32-30-28-26-24-22-20-18-16-14-12-10-8-6-4-2/h17-20,35-38H,3-16,21-34,39-40H2,1-2H3/b19-17-,20-18-. The van der Waals surface area contributed by atoms with Crippen LogP contribution in [0.3, 0.4) is 0 Å². The molecule has 1 aromatic rings. The van der Waals surface area contributed by atoms with Crippen molar-refractivity contribution >= 4 is 11.9 Å². The zero-order chi connectivity index (χ0) is 34.6. The van der Waals surface area contributed by atoms with Crippen LogP contribution in [0.5, 0.6) is 0 Å². The van der Waals surface area contributed by atoms with Gasteiger partial charge in [0.1, 0.15) is 0 Å². The Kier molecular flexibility index (Phi) is 31.4. The predicted octanol–water partition coefficient (Wildman–Crippen LogP) is 14.1. The van der Waals surface area contributed by atoms with Gasteiger partial charge in [-0.1, -0.05) is 154 Å². The van der Waals surface area contributed by atoms with Gasteiger partial charge in [0.05, 0.1) is 24.3 Å². The number of hydrogen-bond donors (Lipinski definition) is 0. The number of carbonyl (C=O) groups is 2. The monoisotopic (exact) mass is 667 g/mol. The normalized spacial score (nSPS) is 11.5. The molecule has 0 aromatic heterocycles. The average Bonchev–Trinajstić information content (AvgIpc) is 3.10. The molecule has 0 aliphatic heterocycles. The smallest absolute Gasteiger partial charge is 0.338 e. The van der Waals surface area contributed by atoms with E-state index >= 15 is 0 Å². The summed E-state index contributed by atoms with van der Waals surface area (Å²) in [4.78, 5) is 24.8. The SMILES string of the molecule is CCCCCCCC/C=C\CCCCCCCCOC(=O)c1ccc(C(=O)OCCCCCCCC/C=C\CCCCCCCC)cc1. The van der Waals surface area contributed by atoms with Gasteiger partial charge in [-0.05, 0) is 88.5 Å². The van der Waals surface area contributed by atoms with Crippen LogP contribution in [0.1, 0.15) is 214 Å². The fourth-order valence-corrected chi connectivity index (χ4v) is 5.94. The first-order valence-electron chi connectivity index (χ1n) is 20.4. The van der Waals surface area contributed by atoms with E-state index in [-0.39, 0.29) is 11.9 Å². The van der Waals surface area contributed by atoms with E-state index in [0.29, 0.717) is 24.3 Å². The first-order chi connectivity index (χ1) is 23.7. The van der Waals surface area contributed by atoms with E-state index in [1.54, 1.807) is 24.3 Å². The number of unbranched alkanes of at least 4 members (excludes halogenated alkanes) is 24. The van der Waals surface area contributed by atoms with Crippen LogP contribution in [0.4, 0.5) is 0 Å². The highest BCUT2D eigenvalue weighted by atomic mass is 16.5. The Labute approximate surface area is 296 Å². The molecule has 1 rings (SSSR count). The third-order valence-corrected chi connectivity index (χ3v) is 9.13. The molecule has 1 aromatic carbocycles. The summed E-state index contributed by atoms with van der Waals surface area (Å²) in [6.07, 6.45) is 44.7. The van der Waals surface area contributed by atoms with Crippen LogP contribution in [0.15, 0.2) is 48.6 Å². The second kappa shape index (κ2) is 34.5. The molecule has 48 heavy (non-hydrogen) atoms. The number of allylic oxidation sites excluding steroid dienone is 4. The van der Waals surface area contributed by atoms with Crippen LogP contribution in [0.2, 0.25) is 0 Å². The minimum absolute atomic E-state index is 0.327. The predicted molar refractivity (Wildman–Crippen MR) is 206 cm³/mol. The van der Waals surface area contributed by atoms with Crippen LogP contribution in [0, 0.1) is 0 Å². The molecule has 0 amide bonds. The number of carbonyl (C=O) groups excluding carboxylic acids is 2. The van der Waals surface area contributed by atoms with Crippen molar-refractivity contribution in [3.63, 3.8) is 0 Å². The quantitative estimate of drug-likeness (QED) is 0.0417. The van der Waals surface area contributed by atoms with Gasteiger partial charge in [-0.25, -0.2) is 9.59 Å². The molecule has 4 nitrogen and oxygen atoms in total. The lowest BCUT2D eigenvalue weighted by atomic mass is 10.1. The van der Waals surface area contributed by atoms with Gasteiger partial charge >= 0.3 is 11.9 Å². The van der Waals surface area contributed by atoms with Gasteiger partial charge in [-0.2, -0.15) is 0 Å². The summed E-state index contributed by atoms with van der Waals surface area (Å²) in [5, 5.41) is 0. The molecule has 274 valence electrons. The van der Waals surface area contributed by atoms with Crippen LogP contribution in [-0.4, -0.2) is 25.2 Å². The van der Waals surface area contributed by atoms with E-state index in [2.05, 4.69) is 38.2 Å². The highest BCUT2D eigenvalue weighted by Crippen LogP contribution is 2.13. The molecule has 0 saturated heterocycles. The summed E-state index contributed by atoms with van der Waals surface area (Å²) in [5.74, 6) is -0.654. The molecule has 0 aliphatic rings. The van der Waals surface area contributed by atoms with Crippen molar-refractivity contribution in [2.24, 2.45) is 0 Å². The second-order valence-electron chi connectivity index (χ2n) is 13.7. The first kappa shape index (κ1) is 43.7. The van der Waals surface area contributed by atoms with E-state index in [1.807, 2.05) is 0 Å². The van der Waals surface area contributed by atoms with E-state index in [9.17, 15) is 9.59 Å². The van der Waals surface area contributed by atoms with E-state index in [4.69, 9.17) is 9.47 Å². The second-order valence-corrected chi connectivity index (χ2v) is 13.7. The third kappa shape index (κ3) is 27.6. The molecule has 0 unspecified atom stereocenters. The molecular formula is C44H74O4. The van der Waals surface area contributed by atoms with Gasteiger partial charge in [-0.15, -0.1) is 0 Å². The molecule has 0 spiro atoms. The fourth-order valence-electron chi connectivity index (χ4n) is 5.94. The van der Waals surface area contributed by atoms with Crippen LogP contribution < -0.4 is 0 Å². The van der Waals surface area contributed by atoms with Gasteiger partial charge in [0.25, 0.3) is 0 Å². The van der Waals surface area contributed by atoms with E-state index in [0.717, 1.165) is 25.7 Å². The fraction of sp³-hybridized carbons (Fsp3) is 0.727. The zero-order valence-electron chi connectivity index (χ0n) is 31.5. The third-order valence-electron chi connectivity index (χ3n) is 9.13. The summed E-state index contributed by atoms with van der Waals surface area (Å²) in [7, 11) is 0. The van der Waals surface area contributed by atoms with Crippen molar-refractivity contribution < 1.29 is 19.1 Å². The molecular weight excluding hydrogens is 592 g/mol. The van der Waals surface area contributed by atoms with Crippen molar-refractivity contribution in [2.75, 3.05) is 13.2 Å². The maximum Gasteiger partial charge on any atom is 0.338 e. The minimum Gasteiger partial charge on any atom is -0.462 e. The van der Waals surface area contributed by atoms with Gasteiger partial charge in [0, 0.05) is 0 Å². The topological polar surface area (TPSA) is 52.6 Å². The van der Waals surface area contributed by atoms with Crippen molar-refractivity contribution in [3.05, 3.63) is 59.7 Å². The van der Waals surface area contributed by atoms with Crippen molar-refractivity contribution in [1.29, 1.82) is 0 Å². The summed E-state index contributed by atoms with van der Waals surface area (Å²) >= 11 is 0.